The Morgan fingerprint density at radius 3 is 2.83 bits per heavy atom. The van der Waals surface area contributed by atoms with Crippen LogP contribution in [-0.4, -0.2) is 38.4 Å². The van der Waals surface area contributed by atoms with Gasteiger partial charge in [0.25, 0.3) is 5.91 Å². The summed E-state index contributed by atoms with van der Waals surface area (Å²) >= 11 is 0. The summed E-state index contributed by atoms with van der Waals surface area (Å²) in [7, 11) is 0. The minimum absolute atomic E-state index is 0.107. The van der Waals surface area contributed by atoms with Gasteiger partial charge in [-0.05, 0) is 37.6 Å². The van der Waals surface area contributed by atoms with Crippen molar-refractivity contribution in [1.29, 1.82) is 0 Å². The molecule has 1 amide bonds. The first-order valence-electron chi connectivity index (χ1n) is 8.43. The number of hydrogen-bond acceptors (Lipinski definition) is 3. The maximum Gasteiger partial charge on any atom is 0.253 e. The number of likely N-dealkylation sites (tertiary alicyclic amines) is 1. The maximum absolute atomic E-state index is 12.6. The Kier molecular flexibility index (Phi) is 3.76. The van der Waals surface area contributed by atoms with Crippen LogP contribution in [0.4, 0.5) is 0 Å². The first-order chi connectivity index (χ1) is 11.8. The standard InChI is InChI=1S/C19H20N4O/c1-2-23-17(21-16-9-6-11-20-18(16)23)15-10-12-22(13-15)19(24)14-7-4-3-5-8-14/h3-9,11,15H,2,10,12-13H2,1H3/t15-/m1/s1. The van der Waals surface area contributed by atoms with Gasteiger partial charge in [0.1, 0.15) is 11.3 Å². The van der Waals surface area contributed by atoms with E-state index in [1.165, 1.54) is 0 Å². The Morgan fingerprint density at radius 2 is 2.04 bits per heavy atom. The molecule has 3 aromatic rings. The maximum atomic E-state index is 12.6. The molecule has 24 heavy (non-hydrogen) atoms. The molecule has 1 fully saturated rings. The minimum Gasteiger partial charge on any atom is -0.338 e. The van der Waals surface area contributed by atoms with Crippen LogP contribution < -0.4 is 0 Å². The SMILES string of the molecule is CCn1c([C@@H]2CCN(C(=O)c3ccccc3)C2)nc2cccnc21. The normalized spacial score (nSPS) is 17.5. The highest BCUT2D eigenvalue weighted by Gasteiger charge is 2.31. The van der Waals surface area contributed by atoms with Gasteiger partial charge >= 0.3 is 0 Å². The fourth-order valence-corrected chi connectivity index (χ4v) is 3.52. The molecule has 0 spiro atoms. The zero-order valence-electron chi connectivity index (χ0n) is 13.7. The molecule has 2 aromatic heterocycles. The van der Waals surface area contributed by atoms with E-state index in [2.05, 4.69) is 16.5 Å². The number of fused-ring (bicyclic) bond motifs is 1. The number of rotatable bonds is 3. The molecule has 0 aliphatic carbocycles. The van der Waals surface area contributed by atoms with Gasteiger partial charge in [0, 0.05) is 37.3 Å². The zero-order chi connectivity index (χ0) is 16.5. The van der Waals surface area contributed by atoms with E-state index in [0.717, 1.165) is 48.6 Å². The summed E-state index contributed by atoms with van der Waals surface area (Å²) in [5, 5.41) is 0. The van der Waals surface area contributed by atoms with Crippen LogP contribution in [0.2, 0.25) is 0 Å². The summed E-state index contributed by atoms with van der Waals surface area (Å²) < 4.78 is 2.18. The number of amides is 1. The Balaban J connectivity index is 1.60. The highest BCUT2D eigenvalue weighted by Crippen LogP contribution is 2.29. The van der Waals surface area contributed by atoms with E-state index < -0.39 is 0 Å². The molecule has 1 aliphatic heterocycles. The smallest absolute Gasteiger partial charge is 0.253 e. The molecule has 3 heterocycles. The summed E-state index contributed by atoms with van der Waals surface area (Å²) in [4.78, 5) is 23.8. The average Bonchev–Trinajstić information content (AvgIpc) is 3.26. The van der Waals surface area contributed by atoms with Gasteiger partial charge in [0.15, 0.2) is 5.65 Å². The lowest BCUT2D eigenvalue weighted by Crippen LogP contribution is -2.28. The van der Waals surface area contributed by atoms with Crippen molar-refractivity contribution >= 4 is 17.1 Å². The number of aromatic nitrogens is 3. The van der Waals surface area contributed by atoms with Crippen LogP contribution in [0.5, 0.6) is 0 Å². The lowest BCUT2D eigenvalue weighted by atomic mass is 10.1. The molecule has 0 unspecified atom stereocenters. The van der Waals surface area contributed by atoms with Crippen LogP contribution in [0.25, 0.3) is 11.2 Å². The lowest BCUT2D eigenvalue weighted by Gasteiger charge is -2.17. The summed E-state index contributed by atoms with van der Waals surface area (Å²) in [6.07, 6.45) is 2.75. The Bertz CT molecular complexity index is 871. The van der Waals surface area contributed by atoms with Crippen LogP contribution in [0, 0.1) is 0 Å². The first kappa shape index (κ1) is 14.9. The predicted octanol–water partition coefficient (Wildman–Crippen LogP) is 3.08. The van der Waals surface area contributed by atoms with Gasteiger partial charge < -0.3 is 9.47 Å². The van der Waals surface area contributed by atoms with Crippen molar-refractivity contribution in [3.05, 3.63) is 60.0 Å². The predicted molar refractivity (Wildman–Crippen MR) is 92.9 cm³/mol. The van der Waals surface area contributed by atoms with Crippen molar-refractivity contribution in [1.82, 2.24) is 19.4 Å². The number of hydrogen-bond donors (Lipinski definition) is 0. The molecular weight excluding hydrogens is 300 g/mol. The fraction of sp³-hybridized carbons (Fsp3) is 0.316. The van der Waals surface area contributed by atoms with Gasteiger partial charge in [0.2, 0.25) is 0 Å². The van der Waals surface area contributed by atoms with Gasteiger partial charge in [0.05, 0.1) is 0 Å². The summed E-state index contributed by atoms with van der Waals surface area (Å²) in [6.45, 7) is 4.45. The average molecular weight is 320 g/mol. The minimum atomic E-state index is 0.107. The number of benzene rings is 1. The van der Waals surface area contributed by atoms with Crippen LogP contribution in [0.1, 0.15) is 35.4 Å². The zero-order valence-corrected chi connectivity index (χ0v) is 13.7. The number of pyridine rings is 1. The van der Waals surface area contributed by atoms with E-state index in [1.807, 2.05) is 47.4 Å². The Morgan fingerprint density at radius 1 is 1.21 bits per heavy atom. The Labute approximate surface area is 140 Å². The number of carbonyl (C=O) groups excluding carboxylic acids is 1. The number of nitrogens with zero attached hydrogens (tertiary/aromatic N) is 4. The summed E-state index contributed by atoms with van der Waals surface area (Å²) in [6, 6.07) is 13.4. The van der Waals surface area contributed by atoms with E-state index >= 15 is 0 Å². The highest BCUT2D eigenvalue weighted by molar-refractivity contribution is 5.94. The van der Waals surface area contributed by atoms with Crippen molar-refractivity contribution in [2.45, 2.75) is 25.8 Å². The molecule has 1 atom stereocenters. The fourth-order valence-electron chi connectivity index (χ4n) is 3.52. The summed E-state index contributed by atoms with van der Waals surface area (Å²) in [5.41, 5.74) is 2.62. The molecule has 5 heteroatoms. The number of carbonyl (C=O) groups is 1. The van der Waals surface area contributed by atoms with E-state index in [9.17, 15) is 4.79 Å². The molecule has 122 valence electrons. The molecule has 1 aliphatic rings. The number of aryl methyl sites for hydroxylation is 1. The largest absolute Gasteiger partial charge is 0.338 e. The number of imidazole rings is 1. The second kappa shape index (κ2) is 6.07. The van der Waals surface area contributed by atoms with E-state index in [4.69, 9.17) is 4.98 Å². The van der Waals surface area contributed by atoms with Crippen LogP contribution in [0.3, 0.4) is 0 Å². The second-order valence-electron chi connectivity index (χ2n) is 6.16. The first-order valence-corrected chi connectivity index (χ1v) is 8.43. The molecular formula is C19H20N4O. The molecule has 5 nitrogen and oxygen atoms in total. The highest BCUT2D eigenvalue weighted by atomic mass is 16.2. The van der Waals surface area contributed by atoms with Crippen LogP contribution in [-0.2, 0) is 6.54 Å². The molecule has 1 saturated heterocycles. The summed E-state index contributed by atoms with van der Waals surface area (Å²) in [5.74, 6) is 1.43. The van der Waals surface area contributed by atoms with Crippen molar-refractivity contribution in [3.8, 4) is 0 Å². The molecule has 1 aromatic carbocycles. The van der Waals surface area contributed by atoms with Gasteiger partial charge in [-0.2, -0.15) is 0 Å². The third-order valence-electron chi connectivity index (χ3n) is 4.71. The van der Waals surface area contributed by atoms with Gasteiger partial charge in [-0.25, -0.2) is 9.97 Å². The van der Waals surface area contributed by atoms with Crippen molar-refractivity contribution in [2.75, 3.05) is 13.1 Å². The Hall–Kier alpha value is -2.69. The van der Waals surface area contributed by atoms with Crippen molar-refractivity contribution < 1.29 is 4.79 Å². The van der Waals surface area contributed by atoms with E-state index in [-0.39, 0.29) is 11.8 Å². The van der Waals surface area contributed by atoms with Gasteiger partial charge in [-0.1, -0.05) is 18.2 Å². The van der Waals surface area contributed by atoms with Crippen molar-refractivity contribution in [2.24, 2.45) is 0 Å². The van der Waals surface area contributed by atoms with Gasteiger partial charge in [-0.3, -0.25) is 4.79 Å². The van der Waals surface area contributed by atoms with Gasteiger partial charge in [-0.15, -0.1) is 0 Å². The molecule has 0 saturated carbocycles. The van der Waals surface area contributed by atoms with Crippen molar-refractivity contribution in [3.63, 3.8) is 0 Å². The third kappa shape index (κ3) is 2.46. The topological polar surface area (TPSA) is 51.0 Å². The third-order valence-corrected chi connectivity index (χ3v) is 4.71. The molecule has 0 radical (unpaired) electrons. The van der Waals surface area contributed by atoms with E-state index in [0.29, 0.717) is 0 Å². The van der Waals surface area contributed by atoms with E-state index in [1.54, 1.807) is 6.20 Å². The lowest BCUT2D eigenvalue weighted by molar-refractivity contribution is 0.0790. The van der Waals surface area contributed by atoms with Crippen LogP contribution >= 0.6 is 0 Å². The quantitative estimate of drug-likeness (QED) is 0.745. The van der Waals surface area contributed by atoms with Crippen LogP contribution in [0.15, 0.2) is 48.7 Å². The molecule has 4 rings (SSSR count). The second-order valence-corrected chi connectivity index (χ2v) is 6.16. The monoisotopic (exact) mass is 320 g/mol. The molecule has 0 bridgehead atoms. The molecule has 0 N–H and O–H groups in total.